The van der Waals surface area contributed by atoms with E-state index >= 15 is 0 Å². The highest BCUT2D eigenvalue weighted by molar-refractivity contribution is 5.78. The van der Waals surface area contributed by atoms with Gasteiger partial charge in [0.25, 0.3) is 0 Å². The van der Waals surface area contributed by atoms with Gasteiger partial charge in [-0.2, -0.15) is 0 Å². The zero-order chi connectivity index (χ0) is 6.69. The van der Waals surface area contributed by atoms with Gasteiger partial charge in [0.1, 0.15) is 0 Å². The van der Waals surface area contributed by atoms with Crippen LogP contribution in [0.4, 0.5) is 0 Å². The van der Waals surface area contributed by atoms with Crippen molar-refractivity contribution in [2.75, 3.05) is 6.54 Å². The third kappa shape index (κ3) is 1.70. The first kappa shape index (κ1) is 6.59. The Bertz CT molecular complexity index is 111. The molecular formula is C7H13NO. The van der Waals surface area contributed by atoms with E-state index in [1.54, 1.807) is 0 Å². The highest BCUT2D eigenvalue weighted by Gasteiger charge is 2.14. The number of hydrogen-bond acceptors (Lipinski definition) is 1. The van der Waals surface area contributed by atoms with Gasteiger partial charge in [0, 0.05) is 12.5 Å². The largest absolute Gasteiger partial charge is 0.356 e. The summed E-state index contributed by atoms with van der Waals surface area (Å²) in [5, 5.41) is 2.86. The van der Waals surface area contributed by atoms with Gasteiger partial charge in [0.2, 0.25) is 5.91 Å². The summed E-state index contributed by atoms with van der Waals surface area (Å²) >= 11 is 0. The second kappa shape index (κ2) is 2.85. The first-order chi connectivity index (χ1) is 4.30. The van der Waals surface area contributed by atoms with Crippen LogP contribution in [0.15, 0.2) is 0 Å². The van der Waals surface area contributed by atoms with Gasteiger partial charge in [0.05, 0.1) is 0 Å². The second-order valence-electron chi connectivity index (χ2n) is 2.69. The van der Waals surface area contributed by atoms with Crippen LogP contribution in [0.2, 0.25) is 0 Å². The Morgan fingerprint density at radius 2 is 2.33 bits per heavy atom. The van der Waals surface area contributed by atoms with Crippen LogP contribution in [0, 0.1) is 5.92 Å². The fourth-order valence-corrected chi connectivity index (χ4v) is 1.09. The van der Waals surface area contributed by atoms with Crippen molar-refractivity contribution in [1.82, 2.24) is 5.32 Å². The van der Waals surface area contributed by atoms with Crippen LogP contribution in [0.25, 0.3) is 0 Å². The molecule has 0 spiro atoms. The van der Waals surface area contributed by atoms with Crippen LogP contribution in [0.1, 0.15) is 26.2 Å². The predicted octanol–water partition coefficient (Wildman–Crippen LogP) is 0.923. The minimum atomic E-state index is 0.229. The number of carbonyl (C=O) groups is 1. The highest BCUT2D eigenvalue weighted by atomic mass is 16.1. The van der Waals surface area contributed by atoms with Crippen LogP contribution >= 0.6 is 0 Å². The van der Waals surface area contributed by atoms with Gasteiger partial charge in [-0.1, -0.05) is 13.3 Å². The SMILES string of the molecule is C[C@@H]1CCCCNC1=O. The van der Waals surface area contributed by atoms with Crippen molar-refractivity contribution in [2.45, 2.75) is 26.2 Å². The maximum atomic E-state index is 10.9. The molecule has 52 valence electrons. The Hall–Kier alpha value is -0.530. The van der Waals surface area contributed by atoms with Gasteiger partial charge in [0.15, 0.2) is 0 Å². The zero-order valence-electron chi connectivity index (χ0n) is 5.81. The molecule has 2 heteroatoms. The molecule has 0 aliphatic carbocycles. The molecule has 0 radical (unpaired) electrons. The third-order valence-corrected chi connectivity index (χ3v) is 1.81. The number of nitrogens with one attached hydrogen (secondary N) is 1. The lowest BCUT2D eigenvalue weighted by Crippen LogP contribution is -2.26. The minimum Gasteiger partial charge on any atom is -0.356 e. The summed E-state index contributed by atoms with van der Waals surface area (Å²) in [5.41, 5.74) is 0. The fourth-order valence-electron chi connectivity index (χ4n) is 1.09. The topological polar surface area (TPSA) is 29.1 Å². The first-order valence-corrected chi connectivity index (χ1v) is 3.58. The number of amides is 1. The molecule has 1 rings (SSSR count). The van der Waals surface area contributed by atoms with E-state index in [0.717, 1.165) is 19.4 Å². The molecule has 1 aliphatic rings. The fraction of sp³-hybridized carbons (Fsp3) is 0.857. The Labute approximate surface area is 55.6 Å². The molecule has 0 unspecified atom stereocenters. The average Bonchev–Trinajstić information content (AvgIpc) is 1.99. The van der Waals surface area contributed by atoms with Crippen molar-refractivity contribution < 1.29 is 4.79 Å². The van der Waals surface area contributed by atoms with E-state index in [9.17, 15) is 4.79 Å². The molecule has 1 fully saturated rings. The van der Waals surface area contributed by atoms with Crippen molar-refractivity contribution >= 4 is 5.91 Å². The van der Waals surface area contributed by atoms with E-state index in [1.807, 2.05) is 6.92 Å². The van der Waals surface area contributed by atoms with E-state index in [-0.39, 0.29) is 11.8 Å². The van der Waals surface area contributed by atoms with Gasteiger partial charge < -0.3 is 5.32 Å². The molecule has 1 aliphatic heterocycles. The van der Waals surface area contributed by atoms with Crippen LogP contribution in [-0.2, 0) is 4.79 Å². The van der Waals surface area contributed by atoms with Crippen LogP contribution in [-0.4, -0.2) is 12.5 Å². The lowest BCUT2D eigenvalue weighted by atomic mass is 10.1. The predicted molar refractivity (Wildman–Crippen MR) is 36.0 cm³/mol. The average molecular weight is 127 g/mol. The molecule has 2 nitrogen and oxygen atoms in total. The molecule has 1 amide bonds. The van der Waals surface area contributed by atoms with E-state index in [2.05, 4.69) is 5.32 Å². The molecule has 0 aromatic heterocycles. The molecule has 1 atom stereocenters. The molecule has 0 saturated carbocycles. The maximum absolute atomic E-state index is 10.9. The Balaban J connectivity index is 2.41. The molecule has 0 bridgehead atoms. The van der Waals surface area contributed by atoms with Crippen molar-refractivity contribution in [1.29, 1.82) is 0 Å². The summed E-state index contributed by atoms with van der Waals surface area (Å²) in [6, 6.07) is 0. The molecule has 9 heavy (non-hydrogen) atoms. The van der Waals surface area contributed by atoms with Crippen LogP contribution < -0.4 is 5.32 Å². The summed E-state index contributed by atoms with van der Waals surface area (Å²) < 4.78 is 0. The monoisotopic (exact) mass is 127 g/mol. The Kier molecular flexibility index (Phi) is 2.09. The summed E-state index contributed by atoms with van der Waals surface area (Å²) in [6.45, 7) is 2.86. The summed E-state index contributed by atoms with van der Waals surface area (Å²) in [6.07, 6.45) is 3.40. The van der Waals surface area contributed by atoms with Gasteiger partial charge in [-0.05, 0) is 12.8 Å². The molecule has 1 saturated heterocycles. The lowest BCUT2D eigenvalue weighted by molar-refractivity contribution is -0.124. The number of hydrogen-bond donors (Lipinski definition) is 1. The molecule has 0 aromatic carbocycles. The molecule has 1 heterocycles. The summed E-state index contributed by atoms with van der Waals surface area (Å²) in [7, 11) is 0. The Morgan fingerprint density at radius 1 is 1.56 bits per heavy atom. The quantitative estimate of drug-likeness (QED) is 0.515. The number of rotatable bonds is 0. The van der Waals surface area contributed by atoms with Crippen molar-refractivity contribution in [3.8, 4) is 0 Å². The van der Waals surface area contributed by atoms with E-state index in [4.69, 9.17) is 0 Å². The molecule has 1 N–H and O–H groups in total. The van der Waals surface area contributed by atoms with Crippen LogP contribution in [0.5, 0.6) is 0 Å². The zero-order valence-corrected chi connectivity index (χ0v) is 5.81. The van der Waals surface area contributed by atoms with Gasteiger partial charge in [-0.3, -0.25) is 4.79 Å². The first-order valence-electron chi connectivity index (χ1n) is 3.58. The van der Waals surface area contributed by atoms with E-state index < -0.39 is 0 Å². The Morgan fingerprint density at radius 3 is 3.11 bits per heavy atom. The molecule has 0 aromatic rings. The second-order valence-corrected chi connectivity index (χ2v) is 2.69. The van der Waals surface area contributed by atoms with Crippen molar-refractivity contribution in [2.24, 2.45) is 5.92 Å². The summed E-state index contributed by atoms with van der Waals surface area (Å²) in [4.78, 5) is 10.9. The standard InChI is InChI=1S/C7H13NO/c1-6-4-2-3-5-8-7(6)9/h6H,2-5H2,1H3,(H,8,9)/t6-/m1/s1. The van der Waals surface area contributed by atoms with Crippen LogP contribution in [0.3, 0.4) is 0 Å². The highest BCUT2D eigenvalue weighted by Crippen LogP contribution is 2.10. The van der Waals surface area contributed by atoms with E-state index in [0.29, 0.717) is 0 Å². The van der Waals surface area contributed by atoms with E-state index in [1.165, 1.54) is 6.42 Å². The lowest BCUT2D eigenvalue weighted by Gasteiger charge is -2.03. The minimum absolute atomic E-state index is 0.229. The number of carbonyl (C=O) groups excluding carboxylic acids is 1. The van der Waals surface area contributed by atoms with Gasteiger partial charge in [-0.15, -0.1) is 0 Å². The van der Waals surface area contributed by atoms with Gasteiger partial charge in [-0.25, -0.2) is 0 Å². The summed E-state index contributed by atoms with van der Waals surface area (Å²) in [5.74, 6) is 0.472. The smallest absolute Gasteiger partial charge is 0.222 e. The normalized spacial score (nSPS) is 29.0. The van der Waals surface area contributed by atoms with Gasteiger partial charge >= 0.3 is 0 Å². The molecular weight excluding hydrogens is 114 g/mol. The maximum Gasteiger partial charge on any atom is 0.222 e. The van der Waals surface area contributed by atoms with Crippen molar-refractivity contribution in [3.05, 3.63) is 0 Å². The van der Waals surface area contributed by atoms with Crippen molar-refractivity contribution in [3.63, 3.8) is 0 Å². The third-order valence-electron chi connectivity index (χ3n) is 1.81.